The van der Waals surface area contributed by atoms with Crippen LogP contribution < -0.4 is 5.32 Å². The monoisotopic (exact) mass is 297 g/mol. The molecule has 2 aromatic rings. The van der Waals surface area contributed by atoms with Gasteiger partial charge in [-0.15, -0.1) is 0 Å². The average molecular weight is 298 g/mol. The minimum Gasteiger partial charge on any atom is -0.307 e. The number of nitrogens with one attached hydrogen (secondary N) is 1. The summed E-state index contributed by atoms with van der Waals surface area (Å²) in [6.07, 6.45) is 1.63. The summed E-state index contributed by atoms with van der Waals surface area (Å²) in [7, 11) is 0. The molecule has 1 N–H and O–H groups in total. The van der Waals surface area contributed by atoms with Crippen LogP contribution in [0.15, 0.2) is 30.5 Å². The molecular weight excluding hydrogens is 285 g/mol. The molecule has 19 heavy (non-hydrogen) atoms. The van der Waals surface area contributed by atoms with Gasteiger partial charge in [0.25, 0.3) is 5.91 Å². The molecule has 0 aliphatic rings. The van der Waals surface area contributed by atoms with Gasteiger partial charge >= 0.3 is 0 Å². The zero-order valence-corrected chi connectivity index (χ0v) is 12.0. The number of carbonyl (C=O) groups excluding carboxylic acids is 1. The molecule has 1 heterocycles. The maximum absolute atomic E-state index is 12.2. The zero-order chi connectivity index (χ0) is 14.0. The van der Waals surface area contributed by atoms with E-state index in [0.717, 1.165) is 0 Å². The van der Waals surface area contributed by atoms with Crippen LogP contribution in [0.4, 0.5) is 5.82 Å². The van der Waals surface area contributed by atoms with Gasteiger partial charge in [-0.1, -0.05) is 23.2 Å². The molecule has 0 unspecified atom stereocenters. The number of hydrogen-bond acceptors (Lipinski definition) is 2. The van der Waals surface area contributed by atoms with Crippen molar-refractivity contribution in [1.29, 1.82) is 0 Å². The number of halogens is 2. The first-order valence-corrected chi connectivity index (χ1v) is 6.54. The molecule has 0 bridgehead atoms. The van der Waals surface area contributed by atoms with Gasteiger partial charge in [0.2, 0.25) is 0 Å². The second kappa shape index (κ2) is 5.63. The summed E-state index contributed by atoms with van der Waals surface area (Å²) in [6.45, 7) is 3.96. The Kier molecular flexibility index (Phi) is 4.12. The maximum atomic E-state index is 12.2. The van der Waals surface area contributed by atoms with Crippen LogP contribution in [0.1, 0.15) is 30.2 Å². The number of nitrogens with zero attached hydrogens (tertiary/aromatic N) is 2. The van der Waals surface area contributed by atoms with E-state index in [2.05, 4.69) is 10.4 Å². The van der Waals surface area contributed by atoms with E-state index in [0.29, 0.717) is 21.4 Å². The quantitative estimate of drug-likeness (QED) is 0.930. The molecule has 2 rings (SSSR count). The highest BCUT2D eigenvalue weighted by atomic mass is 35.5. The number of aromatic nitrogens is 2. The number of rotatable bonds is 3. The van der Waals surface area contributed by atoms with Crippen molar-refractivity contribution in [1.82, 2.24) is 9.78 Å². The lowest BCUT2D eigenvalue weighted by molar-refractivity contribution is 0.102. The minimum absolute atomic E-state index is 0.153. The van der Waals surface area contributed by atoms with E-state index in [1.807, 2.05) is 13.8 Å². The van der Waals surface area contributed by atoms with Crippen LogP contribution in [0.25, 0.3) is 0 Å². The molecule has 6 heteroatoms. The predicted octanol–water partition coefficient (Wildman–Crippen LogP) is 4.02. The van der Waals surface area contributed by atoms with Gasteiger partial charge in [0.1, 0.15) is 5.82 Å². The lowest BCUT2D eigenvalue weighted by Crippen LogP contribution is -2.17. The first kappa shape index (κ1) is 13.9. The van der Waals surface area contributed by atoms with Crippen LogP contribution >= 0.6 is 23.2 Å². The Bertz CT molecular complexity index is 608. The van der Waals surface area contributed by atoms with E-state index in [9.17, 15) is 4.79 Å². The van der Waals surface area contributed by atoms with Crippen molar-refractivity contribution < 1.29 is 4.79 Å². The molecule has 1 aromatic carbocycles. The lowest BCUT2D eigenvalue weighted by Gasteiger charge is -2.12. The fourth-order valence-electron chi connectivity index (χ4n) is 1.68. The predicted molar refractivity (Wildman–Crippen MR) is 77.0 cm³/mol. The standard InChI is InChI=1S/C13H13Cl2N3O/c1-8(2)18-12(5-6-16-18)17-13(19)10-7-9(14)3-4-11(10)15/h3-8H,1-2H3,(H,17,19). The van der Waals surface area contributed by atoms with E-state index >= 15 is 0 Å². The number of carbonyl (C=O) groups is 1. The highest BCUT2D eigenvalue weighted by molar-refractivity contribution is 6.36. The van der Waals surface area contributed by atoms with Crippen LogP contribution in [0.2, 0.25) is 10.0 Å². The van der Waals surface area contributed by atoms with Crippen LogP contribution in [0, 0.1) is 0 Å². The summed E-state index contributed by atoms with van der Waals surface area (Å²) in [4.78, 5) is 12.2. The molecule has 0 aliphatic carbocycles. The molecule has 0 fully saturated rings. The first-order valence-electron chi connectivity index (χ1n) is 5.79. The van der Waals surface area contributed by atoms with Gasteiger partial charge in [0.05, 0.1) is 16.8 Å². The maximum Gasteiger partial charge on any atom is 0.258 e. The van der Waals surface area contributed by atoms with Crippen molar-refractivity contribution >= 4 is 34.9 Å². The summed E-state index contributed by atoms with van der Waals surface area (Å²) in [5.41, 5.74) is 0.339. The third kappa shape index (κ3) is 3.08. The summed E-state index contributed by atoms with van der Waals surface area (Å²) in [6, 6.07) is 6.66. The van der Waals surface area contributed by atoms with Crippen molar-refractivity contribution in [3.63, 3.8) is 0 Å². The Morgan fingerprint density at radius 1 is 1.32 bits per heavy atom. The van der Waals surface area contributed by atoms with Crippen LogP contribution in [-0.2, 0) is 0 Å². The Balaban J connectivity index is 2.26. The lowest BCUT2D eigenvalue weighted by atomic mass is 10.2. The van der Waals surface area contributed by atoms with Crippen LogP contribution in [-0.4, -0.2) is 15.7 Å². The summed E-state index contributed by atoms with van der Waals surface area (Å²) >= 11 is 11.9. The second-order valence-electron chi connectivity index (χ2n) is 4.33. The van der Waals surface area contributed by atoms with Crippen molar-refractivity contribution in [3.8, 4) is 0 Å². The molecule has 1 aromatic heterocycles. The van der Waals surface area contributed by atoms with Crippen molar-refractivity contribution in [2.24, 2.45) is 0 Å². The summed E-state index contributed by atoms with van der Waals surface area (Å²) in [5, 5.41) is 7.74. The van der Waals surface area contributed by atoms with E-state index in [1.165, 1.54) is 6.07 Å². The van der Waals surface area contributed by atoms with E-state index in [1.54, 1.807) is 29.1 Å². The highest BCUT2D eigenvalue weighted by Gasteiger charge is 2.14. The molecule has 0 spiro atoms. The van der Waals surface area contributed by atoms with Crippen molar-refractivity contribution in [2.75, 3.05) is 5.32 Å². The summed E-state index contributed by atoms with van der Waals surface area (Å²) < 4.78 is 1.72. The van der Waals surface area contributed by atoms with E-state index in [-0.39, 0.29) is 11.9 Å². The highest BCUT2D eigenvalue weighted by Crippen LogP contribution is 2.22. The van der Waals surface area contributed by atoms with E-state index in [4.69, 9.17) is 23.2 Å². The third-order valence-electron chi connectivity index (χ3n) is 2.57. The molecular formula is C13H13Cl2N3O. The molecule has 1 amide bonds. The topological polar surface area (TPSA) is 46.9 Å². The molecule has 4 nitrogen and oxygen atoms in total. The average Bonchev–Trinajstić information content (AvgIpc) is 2.80. The Labute approximate surface area is 121 Å². The molecule has 0 atom stereocenters. The van der Waals surface area contributed by atoms with Gasteiger partial charge in [-0.05, 0) is 32.0 Å². The van der Waals surface area contributed by atoms with Gasteiger partial charge in [0, 0.05) is 17.1 Å². The van der Waals surface area contributed by atoms with Gasteiger partial charge in [-0.25, -0.2) is 4.68 Å². The molecule has 0 aliphatic heterocycles. The number of hydrogen-bond donors (Lipinski definition) is 1. The second-order valence-corrected chi connectivity index (χ2v) is 5.18. The molecule has 100 valence electrons. The van der Waals surface area contributed by atoms with Crippen molar-refractivity contribution in [2.45, 2.75) is 19.9 Å². The zero-order valence-electron chi connectivity index (χ0n) is 10.5. The van der Waals surface area contributed by atoms with Gasteiger partial charge < -0.3 is 5.32 Å². The SMILES string of the molecule is CC(C)n1nccc1NC(=O)c1cc(Cl)ccc1Cl. The van der Waals surface area contributed by atoms with Crippen LogP contribution in [0.5, 0.6) is 0 Å². The molecule has 0 saturated heterocycles. The third-order valence-corrected chi connectivity index (χ3v) is 3.14. The largest absolute Gasteiger partial charge is 0.307 e. The normalized spacial score (nSPS) is 10.8. The van der Waals surface area contributed by atoms with E-state index < -0.39 is 0 Å². The smallest absolute Gasteiger partial charge is 0.258 e. The first-order chi connectivity index (χ1) is 8.99. The summed E-state index contributed by atoms with van der Waals surface area (Å²) in [5.74, 6) is 0.311. The molecule has 0 saturated carbocycles. The van der Waals surface area contributed by atoms with Gasteiger partial charge in [-0.2, -0.15) is 5.10 Å². The fourth-order valence-corrected chi connectivity index (χ4v) is 2.06. The number of anilines is 1. The van der Waals surface area contributed by atoms with Gasteiger partial charge in [0.15, 0.2) is 0 Å². The van der Waals surface area contributed by atoms with Crippen molar-refractivity contribution in [3.05, 3.63) is 46.1 Å². The molecule has 0 radical (unpaired) electrons. The van der Waals surface area contributed by atoms with Crippen LogP contribution in [0.3, 0.4) is 0 Å². The number of benzene rings is 1. The minimum atomic E-state index is -0.310. The Morgan fingerprint density at radius 3 is 2.74 bits per heavy atom. The Hall–Kier alpha value is -1.52. The number of amides is 1. The fraction of sp³-hybridized carbons (Fsp3) is 0.231. The Morgan fingerprint density at radius 2 is 2.05 bits per heavy atom. The van der Waals surface area contributed by atoms with Gasteiger partial charge in [-0.3, -0.25) is 4.79 Å².